The largest absolute Gasteiger partial charge is 0.324 e. The van der Waals surface area contributed by atoms with E-state index in [0.29, 0.717) is 3.83 Å². The van der Waals surface area contributed by atoms with Gasteiger partial charge in [-0.25, -0.2) is 9.67 Å². The van der Waals surface area contributed by atoms with Gasteiger partial charge in [0.05, 0.1) is 0 Å². The van der Waals surface area contributed by atoms with Crippen molar-refractivity contribution in [3.8, 4) is 0 Å². The standard InChI is InChI=1S/C12H13IN4O/c1-8-3-4-9(2)10(5-8)15-11(18)6-17-7-14-12(13)16-17/h3-5,7H,6H2,1-2H3,(H,15,18). The Hall–Kier alpha value is -1.44. The molecule has 1 amide bonds. The van der Waals surface area contributed by atoms with E-state index in [2.05, 4.69) is 15.4 Å². The van der Waals surface area contributed by atoms with E-state index >= 15 is 0 Å². The van der Waals surface area contributed by atoms with E-state index in [4.69, 9.17) is 0 Å². The molecule has 1 aromatic heterocycles. The zero-order valence-corrected chi connectivity index (χ0v) is 12.3. The number of anilines is 1. The third kappa shape index (κ3) is 3.28. The summed E-state index contributed by atoms with van der Waals surface area (Å²) in [4.78, 5) is 15.8. The first-order valence-corrected chi connectivity index (χ1v) is 6.54. The predicted molar refractivity (Wildman–Crippen MR) is 77.3 cm³/mol. The van der Waals surface area contributed by atoms with Crippen LogP contribution in [0.4, 0.5) is 5.69 Å². The molecule has 1 aromatic carbocycles. The van der Waals surface area contributed by atoms with E-state index in [1.807, 2.05) is 54.6 Å². The topological polar surface area (TPSA) is 59.8 Å². The van der Waals surface area contributed by atoms with Gasteiger partial charge in [-0.2, -0.15) is 0 Å². The summed E-state index contributed by atoms with van der Waals surface area (Å²) >= 11 is 2.01. The Morgan fingerprint density at radius 3 is 2.89 bits per heavy atom. The van der Waals surface area contributed by atoms with Gasteiger partial charge in [0.25, 0.3) is 0 Å². The molecule has 0 fully saturated rings. The number of amides is 1. The average Bonchev–Trinajstić information content (AvgIpc) is 2.69. The Labute approximate surface area is 119 Å². The van der Waals surface area contributed by atoms with E-state index in [9.17, 15) is 4.79 Å². The van der Waals surface area contributed by atoms with Crippen molar-refractivity contribution < 1.29 is 4.79 Å². The number of carbonyl (C=O) groups excluding carboxylic acids is 1. The predicted octanol–water partition coefficient (Wildman–Crippen LogP) is 2.14. The second kappa shape index (κ2) is 5.47. The second-order valence-electron chi connectivity index (χ2n) is 4.08. The minimum atomic E-state index is -0.106. The SMILES string of the molecule is Cc1ccc(C)c(NC(=O)Cn2cnc(I)n2)c1. The molecule has 5 nitrogen and oxygen atoms in total. The lowest BCUT2D eigenvalue weighted by atomic mass is 10.1. The van der Waals surface area contributed by atoms with Gasteiger partial charge in [0, 0.05) is 28.3 Å². The van der Waals surface area contributed by atoms with Gasteiger partial charge in [0.15, 0.2) is 0 Å². The molecule has 0 unspecified atom stereocenters. The molecule has 0 spiro atoms. The summed E-state index contributed by atoms with van der Waals surface area (Å²) in [6.07, 6.45) is 1.55. The molecule has 2 aromatic rings. The first-order valence-electron chi connectivity index (χ1n) is 5.46. The van der Waals surface area contributed by atoms with Gasteiger partial charge in [-0.15, -0.1) is 5.10 Å². The quantitative estimate of drug-likeness (QED) is 0.858. The van der Waals surface area contributed by atoms with Crippen molar-refractivity contribution in [2.24, 2.45) is 0 Å². The number of nitrogens with zero attached hydrogens (tertiary/aromatic N) is 3. The summed E-state index contributed by atoms with van der Waals surface area (Å²) in [7, 11) is 0. The number of rotatable bonds is 3. The highest BCUT2D eigenvalue weighted by Gasteiger charge is 2.07. The van der Waals surface area contributed by atoms with Crippen LogP contribution in [0.25, 0.3) is 0 Å². The fourth-order valence-electron chi connectivity index (χ4n) is 1.56. The number of hydrogen-bond acceptors (Lipinski definition) is 3. The molecule has 0 aliphatic heterocycles. The van der Waals surface area contributed by atoms with Crippen LogP contribution in [-0.4, -0.2) is 20.7 Å². The van der Waals surface area contributed by atoms with E-state index < -0.39 is 0 Å². The molecular formula is C12H13IN4O. The Morgan fingerprint density at radius 2 is 2.22 bits per heavy atom. The highest BCUT2D eigenvalue weighted by molar-refractivity contribution is 14.1. The van der Waals surface area contributed by atoms with E-state index in [1.165, 1.54) is 4.68 Å². The molecule has 0 atom stereocenters. The van der Waals surface area contributed by atoms with Crippen LogP contribution in [0.15, 0.2) is 24.5 Å². The van der Waals surface area contributed by atoms with Gasteiger partial charge in [-0.1, -0.05) is 12.1 Å². The molecule has 18 heavy (non-hydrogen) atoms. The van der Waals surface area contributed by atoms with Crippen molar-refractivity contribution in [1.29, 1.82) is 0 Å². The summed E-state index contributed by atoms with van der Waals surface area (Å²) in [6.45, 7) is 4.13. The second-order valence-corrected chi connectivity index (χ2v) is 5.04. The lowest BCUT2D eigenvalue weighted by Gasteiger charge is -2.09. The molecule has 0 aliphatic carbocycles. The molecule has 0 saturated carbocycles. The zero-order chi connectivity index (χ0) is 13.1. The van der Waals surface area contributed by atoms with Crippen molar-refractivity contribution in [2.45, 2.75) is 20.4 Å². The molecule has 0 saturated heterocycles. The van der Waals surface area contributed by atoms with Crippen molar-refractivity contribution in [3.63, 3.8) is 0 Å². The van der Waals surface area contributed by atoms with Crippen LogP contribution in [0.3, 0.4) is 0 Å². The van der Waals surface area contributed by atoms with Crippen LogP contribution in [-0.2, 0) is 11.3 Å². The molecule has 2 rings (SSSR count). The van der Waals surface area contributed by atoms with Gasteiger partial charge < -0.3 is 5.32 Å². The molecule has 94 valence electrons. The Bertz CT molecular complexity index is 579. The Morgan fingerprint density at radius 1 is 1.44 bits per heavy atom. The third-order valence-electron chi connectivity index (χ3n) is 2.48. The Kier molecular flexibility index (Phi) is 3.95. The molecule has 6 heteroatoms. The Balaban J connectivity index is 2.05. The van der Waals surface area contributed by atoms with Gasteiger partial charge in [0.2, 0.25) is 9.74 Å². The minimum absolute atomic E-state index is 0.106. The first kappa shape index (κ1) is 13.0. The summed E-state index contributed by atoms with van der Waals surface area (Å²) in [6, 6.07) is 5.96. The van der Waals surface area contributed by atoms with Crippen LogP contribution in [0.1, 0.15) is 11.1 Å². The number of halogens is 1. The molecular weight excluding hydrogens is 343 g/mol. The number of benzene rings is 1. The van der Waals surface area contributed by atoms with E-state index in [1.54, 1.807) is 6.33 Å². The van der Waals surface area contributed by atoms with Gasteiger partial charge >= 0.3 is 0 Å². The lowest BCUT2D eigenvalue weighted by molar-refractivity contribution is -0.116. The van der Waals surface area contributed by atoms with Crippen LogP contribution >= 0.6 is 22.6 Å². The van der Waals surface area contributed by atoms with Gasteiger partial charge in [0.1, 0.15) is 12.9 Å². The molecule has 1 heterocycles. The maximum atomic E-state index is 11.9. The summed E-state index contributed by atoms with van der Waals surface area (Å²) in [5.74, 6) is -0.106. The lowest BCUT2D eigenvalue weighted by Crippen LogP contribution is -2.19. The maximum Gasteiger partial charge on any atom is 0.246 e. The molecule has 0 bridgehead atoms. The maximum absolute atomic E-state index is 11.9. The van der Waals surface area contributed by atoms with Crippen LogP contribution in [0.5, 0.6) is 0 Å². The number of aromatic nitrogens is 3. The number of carbonyl (C=O) groups is 1. The highest BCUT2D eigenvalue weighted by Crippen LogP contribution is 2.16. The normalized spacial score (nSPS) is 10.4. The van der Waals surface area contributed by atoms with Crippen molar-refractivity contribution in [1.82, 2.24) is 14.8 Å². The number of nitrogens with one attached hydrogen (secondary N) is 1. The van der Waals surface area contributed by atoms with Crippen molar-refractivity contribution in [3.05, 3.63) is 39.5 Å². The van der Waals surface area contributed by atoms with Crippen molar-refractivity contribution >= 4 is 34.2 Å². The monoisotopic (exact) mass is 356 g/mol. The fourth-order valence-corrected chi connectivity index (χ4v) is 1.96. The zero-order valence-electron chi connectivity index (χ0n) is 10.1. The highest BCUT2D eigenvalue weighted by atomic mass is 127. The van der Waals surface area contributed by atoms with Crippen LogP contribution < -0.4 is 5.32 Å². The average molecular weight is 356 g/mol. The van der Waals surface area contributed by atoms with E-state index in [0.717, 1.165) is 16.8 Å². The summed E-state index contributed by atoms with van der Waals surface area (Å²) in [5.41, 5.74) is 3.00. The number of aryl methyl sites for hydroxylation is 2. The fraction of sp³-hybridized carbons (Fsp3) is 0.250. The minimum Gasteiger partial charge on any atom is -0.324 e. The summed E-state index contributed by atoms with van der Waals surface area (Å²) in [5, 5.41) is 6.94. The summed E-state index contributed by atoms with van der Waals surface area (Å²) < 4.78 is 2.15. The first-order chi connectivity index (χ1) is 8.54. The molecule has 1 N–H and O–H groups in total. The number of hydrogen-bond donors (Lipinski definition) is 1. The van der Waals surface area contributed by atoms with Crippen LogP contribution in [0, 0.1) is 17.7 Å². The van der Waals surface area contributed by atoms with Crippen LogP contribution in [0.2, 0.25) is 0 Å². The van der Waals surface area contributed by atoms with Crippen molar-refractivity contribution in [2.75, 3.05) is 5.32 Å². The third-order valence-corrected chi connectivity index (χ3v) is 2.98. The molecule has 0 radical (unpaired) electrons. The van der Waals surface area contributed by atoms with Gasteiger partial charge in [-0.3, -0.25) is 4.79 Å². The van der Waals surface area contributed by atoms with Gasteiger partial charge in [-0.05, 0) is 31.0 Å². The van der Waals surface area contributed by atoms with E-state index in [-0.39, 0.29) is 12.5 Å². The smallest absolute Gasteiger partial charge is 0.246 e. The molecule has 0 aliphatic rings.